The van der Waals surface area contributed by atoms with Crippen molar-refractivity contribution in [1.29, 1.82) is 0 Å². The molecular weight excluding hydrogens is 548 g/mol. The molecule has 0 spiro atoms. The average molecular weight is 589 g/mol. The van der Waals surface area contributed by atoms with E-state index in [0.717, 1.165) is 0 Å². The van der Waals surface area contributed by atoms with Crippen LogP contribution < -0.4 is 16.4 Å². The predicted molar refractivity (Wildman–Crippen MR) is 152 cm³/mol. The lowest BCUT2D eigenvalue weighted by atomic mass is 9.89. The summed E-state index contributed by atoms with van der Waals surface area (Å²) >= 11 is 0. The fourth-order valence-corrected chi connectivity index (χ4v) is 4.02. The number of esters is 1. The summed E-state index contributed by atoms with van der Waals surface area (Å²) in [5.74, 6) is -3.43. The van der Waals surface area contributed by atoms with Gasteiger partial charge < -0.3 is 26.2 Å². The van der Waals surface area contributed by atoms with Crippen LogP contribution in [0.2, 0.25) is 0 Å². The number of Topliss-reactive ketones (excluding diaryl/α,β-unsaturated/α-hetero) is 2. The van der Waals surface area contributed by atoms with Gasteiger partial charge >= 0.3 is 18.0 Å². The molecule has 14 nitrogen and oxygen atoms in total. The number of nitrogens with zero attached hydrogens (tertiary/aromatic N) is 3. The van der Waals surface area contributed by atoms with Gasteiger partial charge in [0.25, 0.3) is 0 Å². The second-order valence-electron chi connectivity index (χ2n) is 10.2. The molecule has 1 rings (SSSR count). The molecule has 0 aromatic heterocycles. The van der Waals surface area contributed by atoms with E-state index in [1.165, 1.54) is 0 Å². The molecule has 0 aliphatic rings. The molecule has 0 aliphatic carbocycles. The Bertz CT molecular complexity index is 1130. The number of primary amides is 1. The van der Waals surface area contributed by atoms with Crippen molar-refractivity contribution in [3.05, 3.63) is 45.8 Å². The third-order valence-electron chi connectivity index (χ3n) is 6.40. The number of rotatable bonds is 21. The molecule has 230 valence electrons. The van der Waals surface area contributed by atoms with Crippen LogP contribution in [0.1, 0.15) is 69.9 Å². The molecule has 2 atom stereocenters. The number of aliphatic carboxylic acids is 1. The quantitative estimate of drug-likeness (QED) is 0.0547. The predicted octanol–water partition coefficient (Wildman–Crippen LogP) is 2.96. The minimum atomic E-state index is -0.911. The Hall–Kier alpha value is -4.45. The van der Waals surface area contributed by atoms with Crippen LogP contribution in [0.5, 0.6) is 0 Å². The molecule has 42 heavy (non-hydrogen) atoms. The van der Waals surface area contributed by atoms with E-state index in [2.05, 4.69) is 20.7 Å². The van der Waals surface area contributed by atoms with E-state index < -0.39 is 35.8 Å². The van der Waals surface area contributed by atoms with Crippen LogP contribution in [-0.2, 0) is 41.7 Å². The number of hydrogen-bond acceptors (Lipinski definition) is 8. The standard InChI is InChI=1S/C28H40N6O8/c1-18(2)22(15-21(35)16-32-34-30)27(40)33-23(6-5-13-31-28(29)41)24(36)14-19-9-11-20(12-10-19)17-42-26(39)8-4-3-7-25(37)38/h9-12,18,22-23H,3-8,13-17H2,1-2H3,(H,33,40)(H,37,38)(H3,29,31,41)/t22-,23-/m0/s1. The van der Waals surface area contributed by atoms with Crippen LogP contribution in [0.3, 0.4) is 0 Å². The number of urea groups is 1. The second kappa shape index (κ2) is 19.6. The molecule has 0 radical (unpaired) electrons. The number of unbranched alkanes of at least 4 members (excludes halogenated alkanes) is 1. The van der Waals surface area contributed by atoms with Gasteiger partial charge in [0, 0.05) is 43.1 Å². The Morgan fingerprint density at radius 2 is 1.67 bits per heavy atom. The molecule has 0 unspecified atom stereocenters. The summed E-state index contributed by atoms with van der Waals surface area (Å²) in [5, 5.41) is 17.1. The van der Waals surface area contributed by atoms with Crippen LogP contribution in [0, 0.1) is 11.8 Å². The maximum atomic E-state index is 13.2. The molecule has 0 saturated heterocycles. The number of ether oxygens (including phenoxy) is 1. The maximum absolute atomic E-state index is 13.2. The Morgan fingerprint density at radius 3 is 2.26 bits per heavy atom. The molecule has 1 aromatic rings. The van der Waals surface area contributed by atoms with E-state index in [1.807, 2.05) is 0 Å². The summed E-state index contributed by atoms with van der Waals surface area (Å²) in [7, 11) is 0. The summed E-state index contributed by atoms with van der Waals surface area (Å²) in [6, 6.07) is 5.27. The number of ketones is 2. The minimum absolute atomic E-state index is 0.000000345. The molecule has 0 fully saturated rings. The summed E-state index contributed by atoms with van der Waals surface area (Å²) in [5.41, 5.74) is 14.9. The van der Waals surface area contributed by atoms with Gasteiger partial charge in [-0.15, -0.1) is 0 Å². The summed E-state index contributed by atoms with van der Waals surface area (Å²) in [4.78, 5) is 74.4. The lowest BCUT2D eigenvalue weighted by molar-refractivity contribution is -0.145. The van der Waals surface area contributed by atoms with Crippen LogP contribution in [-0.4, -0.2) is 59.7 Å². The number of carbonyl (C=O) groups is 6. The number of hydrogen-bond donors (Lipinski definition) is 4. The van der Waals surface area contributed by atoms with Crippen LogP contribution in [0.4, 0.5) is 4.79 Å². The van der Waals surface area contributed by atoms with Gasteiger partial charge in [-0.25, -0.2) is 4.79 Å². The van der Waals surface area contributed by atoms with Crippen molar-refractivity contribution in [1.82, 2.24) is 10.6 Å². The first kappa shape index (κ1) is 35.6. The normalized spacial score (nSPS) is 12.0. The fourth-order valence-electron chi connectivity index (χ4n) is 4.02. The number of carboxylic acids is 1. The van der Waals surface area contributed by atoms with Crippen molar-refractivity contribution >= 4 is 35.4 Å². The fraction of sp³-hybridized carbons (Fsp3) is 0.571. The first-order chi connectivity index (χ1) is 19.9. The summed E-state index contributed by atoms with van der Waals surface area (Å²) in [6.07, 6.45) is 1.39. The SMILES string of the molecule is CC(C)[C@H](CC(=O)CN=[N+]=[N-])C(=O)N[C@@H](CCCNC(N)=O)C(=O)Cc1ccc(COC(=O)CCCCC(=O)O)cc1. The van der Waals surface area contributed by atoms with Gasteiger partial charge in [-0.1, -0.05) is 43.2 Å². The zero-order valence-electron chi connectivity index (χ0n) is 24.0. The zero-order valence-corrected chi connectivity index (χ0v) is 24.0. The van der Waals surface area contributed by atoms with Crippen LogP contribution >= 0.6 is 0 Å². The lowest BCUT2D eigenvalue weighted by Crippen LogP contribution is -2.46. The van der Waals surface area contributed by atoms with Gasteiger partial charge in [0.2, 0.25) is 5.91 Å². The number of nitrogens with two attached hydrogens (primary N) is 1. The number of azide groups is 1. The minimum Gasteiger partial charge on any atom is -0.481 e. The monoisotopic (exact) mass is 588 g/mol. The maximum Gasteiger partial charge on any atom is 0.312 e. The van der Waals surface area contributed by atoms with E-state index in [0.29, 0.717) is 30.4 Å². The summed E-state index contributed by atoms with van der Waals surface area (Å²) < 4.78 is 5.21. The molecule has 3 amide bonds. The van der Waals surface area contributed by atoms with Crippen molar-refractivity contribution in [2.45, 2.75) is 77.9 Å². The second-order valence-corrected chi connectivity index (χ2v) is 10.2. The number of nitrogens with one attached hydrogen (secondary N) is 2. The highest BCUT2D eigenvalue weighted by atomic mass is 16.5. The smallest absolute Gasteiger partial charge is 0.312 e. The Labute approximate surface area is 244 Å². The van der Waals surface area contributed by atoms with E-state index in [9.17, 15) is 28.8 Å². The van der Waals surface area contributed by atoms with E-state index in [1.54, 1.807) is 38.1 Å². The van der Waals surface area contributed by atoms with Crippen molar-refractivity contribution < 1.29 is 38.6 Å². The first-order valence-electron chi connectivity index (χ1n) is 13.8. The molecule has 1 aromatic carbocycles. The Kier molecular flexibility index (Phi) is 16.6. The van der Waals surface area contributed by atoms with Gasteiger partial charge in [0.1, 0.15) is 12.4 Å². The Morgan fingerprint density at radius 1 is 1.02 bits per heavy atom. The average Bonchev–Trinajstić information content (AvgIpc) is 2.93. The highest BCUT2D eigenvalue weighted by Gasteiger charge is 2.29. The third kappa shape index (κ3) is 15.4. The lowest BCUT2D eigenvalue weighted by Gasteiger charge is -2.24. The van der Waals surface area contributed by atoms with Crippen molar-refractivity contribution in [2.24, 2.45) is 22.7 Å². The number of carboxylic acid groups (broad SMARTS) is 1. The van der Waals surface area contributed by atoms with Crippen LogP contribution in [0.25, 0.3) is 10.4 Å². The summed E-state index contributed by atoms with van der Waals surface area (Å²) in [6.45, 7) is 3.43. The molecule has 0 bridgehead atoms. The van der Waals surface area contributed by atoms with Gasteiger partial charge in [0.15, 0.2) is 5.78 Å². The third-order valence-corrected chi connectivity index (χ3v) is 6.40. The first-order valence-corrected chi connectivity index (χ1v) is 13.8. The number of amides is 3. The highest BCUT2D eigenvalue weighted by molar-refractivity contribution is 5.93. The van der Waals surface area contributed by atoms with Gasteiger partial charge in [0.05, 0.1) is 12.6 Å². The van der Waals surface area contributed by atoms with E-state index in [-0.39, 0.29) is 69.3 Å². The van der Waals surface area contributed by atoms with Crippen molar-refractivity contribution in [3.8, 4) is 0 Å². The number of benzene rings is 1. The molecule has 14 heteroatoms. The topological polar surface area (TPSA) is 231 Å². The largest absolute Gasteiger partial charge is 0.481 e. The molecule has 0 aliphatic heterocycles. The van der Waals surface area contributed by atoms with Gasteiger partial charge in [-0.05, 0) is 48.3 Å². The van der Waals surface area contributed by atoms with Crippen molar-refractivity contribution in [2.75, 3.05) is 13.1 Å². The Balaban J connectivity index is 2.81. The van der Waals surface area contributed by atoms with Crippen LogP contribution in [0.15, 0.2) is 29.4 Å². The molecule has 5 N–H and O–H groups in total. The molecule has 0 saturated carbocycles. The van der Waals surface area contributed by atoms with Crippen molar-refractivity contribution in [3.63, 3.8) is 0 Å². The van der Waals surface area contributed by atoms with E-state index in [4.69, 9.17) is 21.1 Å². The number of carbonyl (C=O) groups excluding carboxylic acids is 5. The molecule has 0 heterocycles. The van der Waals surface area contributed by atoms with E-state index >= 15 is 0 Å². The zero-order chi connectivity index (χ0) is 31.5. The highest BCUT2D eigenvalue weighted by Crippen LogP contribution is 2.18. The van der Waals surface area contributed by atoms with Gasteiger partial charge in [-0.2, -0.15) is 0 Å². The molecular formula is C28H40N6O8. The van der Waals surface area contributed by atoms with Gasteiger partial charge in [-0.3, -0.25) is 24.0 Å².